The molecule has 0 saturated carbocycles. The highest BCUT2D eigenvalue weighted by Gasteiger charge is 2.15. The van der Waals surface area contributed by atoms with Crippen LogP contribution >= 0.6 is 0 Å². The molecule has 13 heavy (non-hydrogen) atoms. The van der Waals surface area contributed by atoms with Crippen molar-refractivity contribution in [3.05, 3.63) is 29.8 Å². The molecule has 2 rings (SSSR count). The lowest BCUT2D eigenvalue weighted by atomic mass is 10.2. The summed E-state index contributed by atoms with van der Waals surface area (Å²) in [6.45, 7) is 1.72. The van der Waals surface area contributed by atoms with E-state index in [4.69, 9.17) is 9.47 Å². The van der Waals surface area contributed by atoms with Gasteiger partial charge in [-0.1, -0.05) is 12.1 Å². The SMILES string of the molecule is COc1ccc(C2NCCO2)cc1. The number of benzene rings is 1. The molecule has 0 aromatic heterocycles. The largest absolute Gasteiger partial charge is 0.497 e. The molecule has 1 fully saturated rings. The summed E-state index contributed by atoms with van der Waals surface area (Å²) >= 11 is 0. The number of hydrogen-bond acceptors (Lipinski definition) is 3. The molecule has 1 N–H and O–H groups in total. The second-order valence-electron chi connectivity index (χ2n) is 2.98. The van der Waals surface area contributed by atoms with Gasteiger partial charge in [-0.15, -0.1) is 0 Å². The second kappa shape index (κ2) is 3.77. The fraction of sp³-hybridized carbons (Fsp3) is 0.400. The molecule has 1 aliphatic rings. The van der Waals surface area contributed by atoms with Crippen molar-refractivity contribution < 1.29 is 9.47 Å². The average molecular weight is 179 g/mol. The number of methoxy groups -OCH3 is 1. The maximum atomic E-state index is 5.46. The Morgan fingerprint density at radius 3 is 2.69 bits per heavy atom. The van der Waals surface area contributed by atoms with Gasteiger partial charge in [-0.25, -0.2) is 0 Å². The van der Waals surface area contributed by atoms with E-state index < -0.39 is 0 Å². The van der Waals surface area contributed by atoms with Crippen molar-refractivity contribution in [2.24, 2.45) is 0 Å². The number of ether oxygens (including phenoxy) is 2. The Bertz CT molecular complexity index is 265. The van der Waals surface area contributed by atoms with Crippen LogP contribution < -0.4 is 10.1 Å². The molecule has 0 bridgehead atoms. The Morgan fingerprint density at radius 1 is 1.38 bits per heavy atom. The van der Waals surface area contributed by atoms with Crippen molar-refractivity contribution in [2.75, 3.05) is 20.3 Å². The third kappa shape index (κ3) is 1.82. The lowest BCUT2D eigenvalue weighted by Crippen LogP contribution is -2.13. The minimum atomic E-state index is 0.0610. The molecular formula is C10H13NO2. The molecule has 1 aliphatic heterocycles. The lowest BCUT2D eigenvalue weighted by Gasteiger charge is -2.10. The van der Waals surface area contributed by atoms with Gasteiger partial charge < -0.3 is 9.47 Å². The standard InChI is InChI=1S/C10H13NO2/c1-12-9-4-2-8(3-5-9)10-11-6-7-13-10/h2-5,10-11H,6-7H2,1H3. The number of hydrogen-bond donors (Lipinski definition) is 1. The maximum Gasteiger partial charge on any atom is 0.134 e. The lowest BCUT2D eigenvalue weighted by molar-refractivity contribution is 0.102. The monoisotopic (exact) mass is 179 g/mol. The van der Waals surface area contributed by atoms with Gasteiger partial charge in [-0.3, -0.25) is 5.32 Å². The minimum absolute atomic E-state index is 0.0610. The molecule has 0 radical (unpaired) electrons. The Balaban J connectivity index is 2.12. The van der Waals surface area contributed by atoms with Gasteiger partial charge in [0.25, 0.3) is 0 Å². The summed E-state index contributed by atoms with van der Waals surface area (Å²) in [6.07, 6.45) is 0.0610. The van der Waals surface area contributed by atoms with Crippen LogP contribution in [0.1, 0.15) is 11.8 Å². The highest BCUT2D eigenvalue weighted by atomic mass is 16.5. The first-order chi connectivity index (χ1) is 6.40. The summed E-state index contributed by atoms with van der Waals surface area (Å²) in [4.78, 5) is 0. The van der Waals surface area contributed by atoms with Gasteiger partial charge in [0, 0.05) is 6.54 Å². The van der Waals surface area contributed by atoms with Crippen LogP contribution in [0.4, 0.5) is 0 Å². The van der Waals surface area contributed by atoms with Crippen LogP contribution in [0.25, 0.3) is 0 Å². The normalized spacial score (nSPS) is 21.8. The predicted molar refractivity (Wildman–Crippen MR) is 49.7 cm³/mol. The molecule has 0 spiro atoms. The molecular weight excluding hydrogens is 166 g/mol. The molecule has 1 heterocycles. The summed E-state index contributed by atoms with van der Waals surface area (Å²) in [5.74, 6) is 0.877. The third-order valence-electron chi connectivity index (χ3n) is 2.13. The smallest absolute Gasteiger partial charge is 0.134 e. The second-order valence-corrected chi connectivity index (χ2v) is 2.98. The van der Waals surface area contributed by atoms with Gasteiger partial charge >= 0.3 is 0 Å². The van der Waals surface area contributed by atoms with E-state index >= 15 is 0 Å². The van der Waals surface area contributed by atoms with Crippen molar-refractivity contribution in [1.82, 2.24) is 5.32 Å². The number of nitrogens with one attached hydrogen (secondary N) is 1. The zero-order valence-corrected chi connectivity index (χ0v) is 7.62. The third-order valence-corrected chi connectivity index (χ3v) is 2.13. The quantitative estimate of drug-likeness (QED) is 0.742. The summed E-state index contributed by atoms with van der Waals surface area (Å²) in [5, 5.41) is 3.25. The van der Waals surface area contributed by atoms with Crippen molar-refractivity contribution in [1.29, 1.82) is 0 Å². The van der Waals surface area contributed by atoms with E-state index in [0.717, 1.165) is 24.5 Å². The van der Waals surface area contributed by atoms with Gasteiger partial charge in [-0.05, 0) is 17.7 Å². The van der Waals surface area contributed by atoms with E-state index in [1.165, 1.54) is 0 Å². The van der Waals surface area contributed by atoms with Crippen molar-refractivity contribution in [3.63, 3.8) is 0 Å². The summed E-state index contributed by atoms with van der Waals surface area (Å²) < 4.78 is 10.5. The van der Waals surface area contributed by atoms with Crippen LogP contribution in [0.15, 0.2) is 24.3 Å². The van der Waals surface area contributed by atoms with Crippen LogP contribution in [0.2, 0.25) is 0 Å². The minimum Gasteiger partial charge on any atom is -0.497 e. The summed E-state index contributed by atoms with van der Waals surface area (Å²) in [7, 11) is 1.67. The first-order valence-corrected chi connectivity index (χ1v) is 4.39. The molecule has 1 atom stereocenters. The molecule has 1 aromatic rings. The van der Waals surface area contributed by atoms with Crippen LogP contribution in [0.3, 0.4) is 0 Å². The van der Waals surface area contributed by atoms with E-state index in [2.05, 4.69) is 5.32 Å². The highest BCUT2D eigenvalue weighted by Crippen LogP contribution is 2.20. The van der Waals surface area contributed by atoms with Gasteiger partial charge in [0.15, 0.2) is 0 Å². The van der Waals surface area contributed by atoms with Gasteiger partial charge in [0.05, 0.1) is 13.7 Å². The van der Waals surface area contributed by atoms with Gasteiger partial charge in [0.1, 0.15) is 12.0 Å². The van der Waals surface area contributed by atoms with E-state index in [1.807, 2.05) is 24.3 Å². The maximum absolute atomic E-state index is 5.46. The van der Waals surface area contributed by atoms with Crippen molar-refractivity contribution in [3.8, 4) is 5.75 Å². The molecule has 0 aliphatic carbocycles. The zero-order chi connectivity index (χ0) is 9.10. The Labute approximate surface area is 77.7 Å². The molecule has 1 saturated heterocycles. The first kappa shape index (κ1) is 8.53. The van der Waals surface area contributed by atoms with E-state index in [1.54, 1.807) is 7.11 Å². The van der Waals surface area contributed by atoms with Gasteiger partial charge in [-0.2, -0.15) is 0 Å². The molecule has 1 unspecified atom stereocenters. The fourth-order valence-electron chi connectivity index (χ4n) is 1.42. The topological polar surface area (TPSA) is 30.5 Å². The average Bonchev–Trinajstić information content (AvgIpc) is 2.71. The Morgan fingerprint density at radius 2 is 2.15 bits per heavy atom. The zero-order valence-electron chi connectivity index (χ0n) is 7.62. The molecule has 1 aromatic carbocycles. The first-order valence-electron chi connectivity index (χ1n) is 4.39. The molecule has 3 heteroatoms. The Hall–Kier alpha value is -1.06. The van der Waals surface area contributed by atoms with Crippen LogP contribution in [0, 0.1) is 0 Å². The summed E-state index contributed by atoms with van der Waals surface area (Å²) in [5.41, 5.74) is 1.15. The van der Waals surface area contributed by atoms with E-state index in [9.17, 15) is 0 Å². The Kier molecular flexibility index (Phi) is 2.47. The van der Waals surface area contributed by atoms with E-state index in [-0.39, 0.29) is 6.23 Å². The van der Waals surface area contributed by atoms with Crippen molar-refractivity contribution in [2.45, 2.75) is 6.23 Å². The van der Waals surface area contributed by atoms with Gasteiger partial charge in [0.2, 0.25) is 0 Å². The molecule has 0 amide bonds. The fourth-order valence-corrected chi connectivity index (χ4v) is 1.42. The van der Waals surface area contributed by atoms with Crippen LogP contribution in [-0.2, 0) is 4.74 Å². The van der Waals surface area contributed by atoms with Crippen LogP contribution in [-0.4, -0.2) is 20.3 Å². The van der Waals surface area contributed by atoms with E-state index in [0.29, 0.717) is 0 Å². The summed E-state index contributed by atoms with van der Waals surface area (Å²) in [6, 6.07) is 7.92. The molecule has 3 nitrogen and oxygen atoms in total. The predicted octanol–water partition coefficient (Wildman–Crippen LogP) is 1.31. The molecule has 70 valence electrons. The highest BCUT2D eigenvalue weighted by molar-refractivity contribution is 5.28. The number of rotatable bonds is 2. The van der Waals surface area contributed by atoms with Crippen LogP contribution in [0.5, 0.6) is 5.75 Å². The van der Waals surface area contributed by atoms with Crippen molar-refractivity contribution >= 4 is 0 Å².